The Labute approximate surface area is 276 Å². The summed E-state index contributed by atoms with van der Waals surface area (Å²) in [7, 11) is 0. The van der Waals surface area contributed by atoms with Gasteiger partial charge in [0.15, 0.2) is 5.82 Å². The van der Waals surface area contributed by atoms with E-state index in [1.54, 1.807) is 12.3 Å². The first-order valence-electron chi connectivity index (χ1n) is 14.7. The molecule has 1 atom stereocenters. The summed E-state index contributed by atoms with van der Waals surface area (Å²) in [5.74, 6) is -4.25. The fraction of sp³-hybridized carbons (Fsp3) is 0.250. The highest BCUT2D eigenvalue weighted by Crippen LogP contribution is 2.36. The van der Waals surface area contributed by atoms with Crippen LogP contribution in [0.15, 0.2) is 66.9 Å². The summed E-state index contributed by atoms with van der Waals surface area (Å²) in [6.07, 6.45) is 7.04. The highest BCUT2D eigenvalue weighted by Gasteiger charge is 2.29. The third-order valence-corrected chi connectivity index (χ3v) is 7.99. The standard InChI is InChI=1S/C36H35Cl2F4N3O/c1-5-11-43-19-24-13-22(14-29(37)21(24)2)8-7-12-44-20-27(23-9-6-10-25(39)15-23)33-17-28(36(3,4)46)34(42)35(45-33)26-16-30(38)32(41)18-31(26)40/h6-7,9-10,12-19,27,43-44,46H,2,5,8,11,20H2,1,3-4H3/b12-7?,24-19-. The number of aliphatic hydroxyl groups is 1. The minimum Gasteiger partial charge on any atom is -0.390 e. The van der Waals surface area contributed by atoms with Crippen molar-refractivity contribution in [1.29, 1.82) is 0 Å². The number of halogens is 6. The highest BCUT2D eigenvalue weighted by molar-refractivity contribution is 6.31. The SMILES string of the molecule is C=c1c(Cl)cc(CC=CNCC(c2cccc(F)c2)c2cc(C(C)(C)O)c(F)c(-c3cc(Cl)c(F)cc3F)n2)c/c1=C/NCCC. The van der Waals surface area contributed by atoms with E-state index in [0.717, 1.165) is 35.0 Å². The van der Waals surface area contributed by atoms with Gasteiger partial charge in [0, 0.05) is 47.4 Å². The molecule has 0 bridgehead atoms. The molecule has 0 spiro atoms. The van der Waals surface area contributed by atoms with Gasteiger partial charge in [0.2, 0.25) is 0 Å². The number of allylic oxidation sites excluding steroid dienone is 1. The second-order valence-electron chi connectivity index (χ2n) is 11.4. The zero-order valence-electron chi connectivity index (χ0n) is 25.7. The van der Waals surface area contributed by atoms with Crippen LogP contribution in [0.5, 0.6) is 0 Å². The summed E-state index contributed by atoms with van der Waals surface area (Å²) in [5, 5.41) is 19.0. The Morgan fingerprint density at radius 3 is 2.43 bits per heavy atom. The van der Waals surface area contributed by atoms with E-state index in [0.29, 0.717) is 23.1 Å². The average Bonchev–Trinajstić information content (AvgIpc) is 2.99. The van der Waals surface area contributed by atoms with Crippen LogP contribution in [0.25, 0.3) is 24.0 Å². The molecule has 242 valence electrons. The van der Waals surface area contributed by atoms with Crippen LogP contribution in [0.2, 0.25) is 10.0 Å². The fourth-order valence-corrected chi connectivity index (χ4v) is 5.34. The van der Waals surface area contributed by atoms with Crippen molar-refractivity contribution in [3.05, 3.63) is 133 Å². The normalized spacial score (nSPS) is 13.0. The average molecular weight is 673 g/mol. The van der Waals surface area contributed by atoms with Crippen molar-refractivity contribution in [2.24, 2.45) is 0 Å². The lowest BCUT2D eigenvalue weighted by molar-refractivity contribution is 0.0743. The molecule has 4 nitrogen and oxygen atoms in total. The van der Waals surface area contributed by atoms with Crippen molar-refractivity contribution < 1.29 is 22.7 Å². The minimum atomic E-state index is -1.70. The van der Waals surface area contributed by atoms with Crippen molar-refractivity contribution in [1.82, 2.24) is 15.6 Å². The number of aromatic nitrogens is 1. The molecular formula is C36H35Cl2F4N3O. The molecule has 3 N–H and O–H groups in total. The van der Waals surface area contributed by atoms with E-state index < -0.39 is 45.5 Å². The number of rotatable bonds is 12. The fourth-order valence-electron chi connectivity index (χ4n) is 4.93. The summed E-state index contributed by atoms with van der Waals surface area (Å²) in [4.78, 5) is 4.44. The molecule has 0 radical (unpaired) electrons. The van der Waals surface area contributed by atoms with E-state index in [1.165, 1.54) is 38.1 Å². The van der Waals surface area contributed by atoms with E-state index in [1.807, 2.05) is 24.4 Å². The Morgan fingerprint density at radius 1 is 0.978 bits per heavy atom. The number of nitrogens with zero attached hydrogens (tertiary/aromatic N) is 1. The van der Waals surface area contributed by atoms with Gasteiger partial charge in [-0.05, 0) is 90.9 Å². The minimum absolute atomic E-state index is 0.170. The first-order chi connectivity index (χ1) is 21.8. The van der Waals surface area contributed by atoms with Gasteiger partial charge in [0.25, 0.3) is 0 Å². The summed E-state index contributed by atoms with van der Waals surface area (Å²) in [5.41, 5.74) is -1.03. The maximum Gasteiger partial charge on any atom is 0.155 e. The quantitative estimate of drug-likeness (QED) is 0.0831. The van der Waals surface area contributed by atoms with Crippen molar-refractivity contribution in [2.75, 3.05) is 13.1 Å². The molecule has 0 fully saturated rings. The lowest BCUT2D eigenvalue weighted by Crippen LogP contribution is -2.28. The maximum atomic E-state index is 15.8. The Hall–Kier alpha value is -3.85. The van der Waals surface area contributed by atoms with Gasteiger partial charge in [-0.25, -0.2) is 22.5 Å². The molecule has 4 rings (SSSR count). The van der Waals surface area contributed by atoms with Gasteiger partial charge in [-0.1, -0.05) is 54.9 Å². The van der Waals surface area contributed by atoms with Crippen LogP contribution in [-0.4, -0.2) is 23.2 Å². The summed E-state index contributed by atoms with van der Waals surface area (Å²) in [6, 6.07) is 12.6. The van der Waals surface area contributed by atoms with Gasteiger partial charge < -0.3 is 15.7 Å². The van der Waals surface area contributed by atoms with E-state index in [9.17, 15) is 18.3 Å². The van der Waals surface area contributed by atoms with Gasteiger partial charge >= 0.3 is 0 Å². The molecule has 0 aliphatic carbocycles. The number of benzene rings is 3. The largest absolute Gasteiger partial charge is 0.390 e. The predicted octanol–water partition coefficient (Wildman–Crippen LogP) is 7.47. The molecule has 1 aromatic heterocycles. The second-order valence-corrected chi connectivity index (χ2v) is 12.2. The predicted molar refractivity (Wildman–Crippen MR) is 178 cm³/mol. The summed E-state index contributed by atoms with van der Waals surface area (Å²) < 4.78 is 59.1. The topological polar surface area (TPSA) is 57.2 Å². The zero-order chi connectivity index (χ0) is 33.6. The van der Waals surface area contributed by atoms with Crippen LogP contribution < -0.4 is 21.1 Å². The van der Waals surface area contributed by atoms with Gasteiger partial charge in [-0.2, -0.15) is 0 Å². The molecule has 4 aromatic rings. The molecule has 3 aromatic carbocycles. The first-order valence-corrected chi connectivity index (χ1v) is 15.5. The molecule has 1 unspecified atom stereocenters. The molecule has 0 saturated heterocycles. The Balaban J connectivity index is 1.70. The number of nitrogens with one attached hydrogen (secondary N) is 2. The zero-order valence-corrected chi connectivity index (χ0v) is 27.2. The lowest BCUT2D eigenvalue weighted by atomic mass is 9.89. The molecule has 0 amide bonds. The Kier molecular flexibility index (Phi) is 11.5. The van der Waals surface area contributed by atoms with Gasteiger partial charge in [-0.3, -0.25) is 0 Å². The first kappa shape index (κ1) is 35.0. The van der Waals surface area contributed by atoms with Crippen molar-refractivity contribution in [2.45, 2.75) is 45.1 Å². The maximum absolute atomic E-state index is 15.8. The van der Waals surface area contributed by atoms with Crippen LogP contribution in [0.3, 0.4) is 0 Å². The molecule has 46 heavy (non-hydrogen) atoms. The monoisotopic (exact) mass is 671 g/mol. The molecule has 1 heterocycles. The number of pyridine rings is 1. The highest BCUT2D eigenvalue weighted by atomic mass is 35.5. The van der Waals surface area contributed by atoms with Gasteiger partial charge in [0.05, 0.1) is 16.3 Å². The van der Waals surface area contributed by atoms with Crippen LogP contribution in [0, 0.1) is 23.3 Å². The number of hydrogen-bond acceptors (Lipinski definition) is 4. The van der Waals surface area contributed by atoms with Crippen LogP contribution in [-0.2, 0) is 12.0 Å². The molecule has 0 aliphatic heterocycles. The Bertz CT molecular complexity index is 1860. The Morgan fingerprint density at radius 2 is 1.74 bits per heavy atom. The van der Waals surface area contributed by atoms with Crippen LogP contribution in [0.1, 0.15) is 55.5 Å². The van der Waals surface area contributed by atoms with E-state index in [-0.39, 0.29) is 23.4 Å². The molecular weight excluding hydrogens is 637 g/mol. The number of hydrogen-bond donors (Lipinski definition) is 3. The third kappa shape index (κ3) is 8.49. The smallest absolute Gasteiger partial charge is 0.155 e. The van der Waals surface area contributed by atoms with Crippen LogP contribution in [0.4, 0.5) is 17.6 Å². The van der Waals surface area contributed by atoms with Gasteiger partial charge in [-0.15, -0.1) is 0 Å². The van der Waals surface area contributed by atoms with E-state index >= 15 is 4.39 Å². The molecule has 10 heteroatoms. The van der Waals surface area contributed by atoms with Crippen molar-refractivity contribution in [3.63, 3.8) is 0 Å². The molecule has 0 aliphatic rings. The van der Waals surface area contributed by atoms with Crippen molar-refractivity contribution >= 4 is 36.0 Å². The second kappa shape index (κ2) is 15.2. The summed E-state index contributed by atoms with van der Waals surface area (Å²) in [6.45, 7) is 9.88. The van der Waals surface area contributed by atoms with Crippen molar-refractivity contribution in [3.8, 4) is 11.3 Å². The van der Waals surface area contributed by atoms with E-state index in [2.05, 4.69) is 29.1 Å². The van der Waals surface area contributed by atoms with Crippen LogP contribution >= 0.6 is 23.2 Å². The molecule has 0 saturated carbocycles. The summed E-state index contributed by atoms with van der Waals surface area (Å²) >= 11 is 12.3. The lowest BCUT2D eigenvalue weighted by Gasteiger charge is -2.24. The third-order valence-electron chi connectivity index (χ3n) is 7.36. The van der Waals surface area contributed by atoms with E-state index in [4.69, 9.17) is 23.2 Å². The van der Waals surface area contributed by atoms with Gasteiger partial charge in [0.1, 0.15) is 23.1 Å².